The molecule has 17 heavy (non-hydrogen) atoms. The first-order valence-corrected chi connectivity index (χ1v) is 5.99. The number of nitrogens with one attached hydrogen (secondary N) is 1. The van der Waals surface area contributed by atoms with Gasteiger partial charge >= 0.3 is 7.82 Å². The SMILES string of the molecule is CC(=O)O.CCOP(=O)(O)OCC.N=C(N)N. The lowest BCUT2D eigenvalue weighted by molar-refractivity contribution is -0.134. The first-order valence-electron chi connectivity index (χ1n) is 4.49. The summed E-state index contributed by atoms with van der Waals surface area (Å²) < 4.78 is 19.2. The number of aliphatic carboxylic acids is 1. The zero-order valence-electron chi connectivity index (χ0n) is 10.0. The molecule has 0 saturated heterocycles. The highest BCUT2D eigenvalue weighted by Gasteiger charge is 2.17. The minimum atomic E-state index is -3.69. The normalized spacial score (nSPS) is 9.18. The van der Waals surface area contributed by atoms with Gasteiger partial charge in [-0.25, -0.2) is 4.57 Å². The van der Waals surface area contributed by atoms with Crippen molar-refractivity contribution in [2.45, 2.75) is 20.8 Å². The predicted molar refractivity (Wildman–Crippen MR) is 62.5 cm³/mol. The summed E-state index contributed by atoms with van der Waals surface area (Å²) in [5, 5.41) is 13.5. The Labute approximate surface area is 99.8 Å². The molecule has 0 aromatic heterocycles. The average Bonchev–Trinajstić information content (AvgIpc) is 2.00. The highest BCUT2D eigenvalue weighted by Crippen LogP contribution is 2.42. The van der Waals surface area contributed by atoms with Crippen LogP contribution in [0.1, 0.15) is 20.8 Å². The Morgan fingerprint density at radius 2 is 1.47 bits per heavy atom. The van der Waals surface area contributed by atoms with E-state index in [1.807, 2.05) is 0 Å². The van der Waals surface area contributed by atoms with Crippen LogP contribution in [0.4, 0.5) is 0 Å². The molecule has 0 rings (SSSR count). The molecule has 0 aliphatic carbocycles. The summed E-state index contributed by atoms with van der Waals surface area (Å²) in [6.07, 6.45) is 0. The second-order valence-corrected chi connectivity index (χ2v) is 3.73. The van der Waals surface area contributed by atoms with Crippen molar-refractivity contribution in [3.63, 3.8) is 0 Å². The molecule has 0 atom stereocenters. The average molecular weight is 273 g/mol. The van der Waals surface area contributed by atoms with E-state index in [1.165, 1.54) is 0 Å². The van der Waals surface area contributed by atoms with Crippen LogP contribution in [0.3, 0.4) is 0 Å². The van der Waals surface area contributed by atoms with Crippen LogP contribution in [-0.4, -0.2) is 35.1 Å². The van der Waals surface area contributed by atoms with E-state index in [-0.39, 0.29) is 19.2 Å². The Morgan fingerprint density at radius 1 is 1.29 bits per heavy atom. The van der Waals surface area contributed by atoms with E-state index in [0.717, 1.165) is 6.92 Å². The first kappa shape index (κ1) is 21.2. The smallest absolute Gasteiger partial charge is 0.472 e. The first-order chi connectivity index (χ1) is 7.59. The van der Waals surface area contributed by atoms with Crippen LogP contribution in [0.25, 0.3) is 0 Å². The molecule has 0 aliphatic heterocycles. The number of nitrogens with two attached hydrogens (primary N) is 2. The van der Waals surface area contributed by atoms with E-state index in [2.05, 4.69) is 20.5 Å². The number of rotatable bonds is 4. The van der Waals surface area contributed by atoms with Crippen molar-refractivity contribution < 1.29 is 28.4 Å². The van der Waals surface area contributed by atoms with Gasteiger partial charge in [0, 0.05) is 6.92 Å². The van der Waals surface area contributed by atoms with Gasteiger partial charge in [-0.05, 0) is 13.8 Å². The molecule has 0 heterocycles. The van der Waals surface area contributed by atoms with Crippen molar-refractivity contribution in [2.75, 3.05) is 13.2 Å². The molecule has 104 valence electrons. The highest BCUT2D eigenvalue weighted by molar-refractivity contribution is 7.47. The monoisotopic (exact) mass is 273 g/mol. The van der Waals surface area contributed by atoms with Gasteiger partial charge < -0.3 is 21.5 Å². The van der Waals surface area contributed by atoms with Crippen LogP contribution in [0.5, 0.6) is 0 Å². The number of guanidine groups is 1. The Morgan fingerprint density at radius 3 is 1.59 bits per heavy atom. The standard InChI is InChI=1S/C4H11O4P.C2H4O2.CH5N3/c1-3-7-9(5,6)8-4-2;1-2(3)4;2-1(3)4/h3-4H2,1-2H3,(H,5,6);1H3,(H,3,4);(H5,2,3,4). The number of carboxylic acid groups (broad SMARTS) is 1. The van der Waals surface area contributed by atoms with Gasteiger partial charge in [0.1, 0.15) is 0 Å². The van der Waals surface area contributed by atoms with E-state index in [1.54, 1.807) is 13.8 Å². The van der Waals surface area contributed by atoms with E-state index in [0.29, 0.717) is 0 Å². The molecule has 10 heteroatoms. The fraction of sp³-hybridized carbons (Fsp3) is 0.714. The molecule has 0 spiro atoms. The number of hydrogen-bond acceptors (Lipinski definition) is 5. The lowest BCUT2D eigenvalue weighted by Crippen LogP contribution is -2.20. The Kier molecular flexibility index (Phi) is 16.1. The highest BCUT2D eigenvalue weighted by atomic mass is 31.2. The summed E-state index contributed by atoms with van der Waals surface area (Å²) in [5.74, 6) is -1.17. The van der Waals surface area contributed by atoms with Gasteiger partial charge in [-0.15, -0.1) is 0 Å². The fourth-order valence-electron chi connectivity index (χ4n) is 0.364. The molecule has 0 aromatic rings. The molecule has 7 N–H and O–H groups in total. The van der Waals surface area contributed by atoms with Gasteiger partial charge in [0.2, 0.25) is 0 Å². The molecule has 0 unspecified atom stereocenters. The van der Waals surface area contributed by atoms with Crippen molar-refractivity contribution >= 4 is 19.8 Å². The van der Waals surface area contributed by atoms with Crippen LogP contribution >= 0.6 is 7.82 Å². The third-order valence-corrected chi connectivity index (χ3v) is 1.75. The largest absolute Gasteiger partial charge is 0.481 e. The van der Waals surface area contributed by atoms with Gasteiger partial charge in [0.15, 0.2) is 5.96 Å². The summed E-state index contributed by atoms with van der Waals surface area (Å²) >= 11 is 0. The van der Waals surface area contributed by atoms with Crippen LogP contribution in [0.15, 0.2) is 0 Å². The van der Waals surface area contributed by atoms with Gasteiger partial charge in [0.25, 0.3) is 5.97 Å². The van der Waals surface area contributed by atoms with Crippen LogP contribution < -0.4 is 11.5 Å². The number of phosphoric ester groups is 1. The molecule has 0 aromatic carbocycles. The third kappa shape index (κ3) is 52.3. The van der Waals surface area contributed by atoms with E-state index >= 15 is 0 Å². The van der Waals surface area contributed by atoms with E-state index in [4.69, 9.17) is 20.2 Å². The molecular weight excluding hydrogens is 253 g/mol. The van der Waals surface area contributed by atoms with Gasteiger partial charge in [0.05, 0.1) is 13.2 Å². The van der Waals surface area contributed by atoms with Gasteiger partial charge in [-0.1, -0.05) is 0 Å². The lowest BCUT2D eigenvalue weighted by atomic mass is 10.9. The summed E-state index contributed by atoms with van der Waals surface area (Å²) in [6, 6.07) is 0. The maximum Gasteiger partial charge on any atom is 0.472 e. The Balaban J connectivity index is -0.000000205. The Bertz CT molecular complexity index is 230. The van der Waals surface area contributed by atoms with Crippen LogP contribution in [0, 0.1) is 5.41 Å². The van der Waals surface area contributed by atoms with Crippen molar-refractivity contribution in [3.8, 4) is 0 Å². The Hall–Kier alpha value is -1.15. The minimum Gasteiger partial charge on any atom is -0.481 e. The number of carbonyl (C=O) groups is 1. The summed E-state index contributed by atoms with van der Waals surface area (Å²) in [7, 11) is -3.69. The van der Waals surface area contributed by atoms with Crippen molar-refractivity contribution in [2.24, 2.45) is 11.5 Å². The van der Waals surface area contributed by atoms with Crippen molar-refractivity contribution in [1.82, 2.24) is 0 Å². The molecule has 0 saturated carbocycles. The topological polar surface area (TPSA) is 169 Å². The van der Waals surface area contributed by atoms with Gasteiger partial charge in [-0.2, -0.15) is 0 Å². The quantitative estimate of drug-likeness (QED) is 0.272. The number of phosphoric acid groups is 1. The second kappa shape index (κ2) is 12.9. The van der Waals surface area contributed by atoms with Gasteiger partial charge in [-0.3, -0.25) is 19.3 Å². The predicted octanol–water partition coefficient (Wildman–Crippen LogP) is 0.0893. The zero-order valence-corrected chi connectivity index (χ0v) is 10.9. The van der Waals surface area contributed by atoms with Crippen molar-refractivity contribution in [1.29, 1.82) is 5.41 Å². The summed E-state index contributed by atoms with van der Waals surface area (Å²) in [6.45, 7) is 4.71. The molecule has 9 nitrogen and oxygen atoms in total. The molecule has 0 amide bonds. The molecule has 0 bridgehead atoms. The second-order valence-electron chi connectivity index (χ2n) is 2.28. The number of carboxylic acids is 1. The maximum atomic E-state index is 10.5. The minimum absolute atomic E-state index is 0.188. The third-order valence-electron chi connectivity index (χ3n) is 0.584. The molecule has 0 radical (unpaired) electrons. The molecular formula is C7H20N3O6P. The summed E-state index contributed by atoms with van der Waals surface area (Å²) in [5.41, 5.74) is 8.94. The molecule has 0 fully saturated rings. The maximum absolute atomic E-state index is 10.5. The lowest BCUT2D eigenvalue weighted by Gasteiger charge is -2.07. The molecule has 0 aliphatic rings. The van der Waals surface area contributed by atoms with Crippen molar-refractivity contribution in [3.05, 3.63) is 0 Å². The number of hydrogen-bond donors (Lipinski definition) is 5. The fourth-order valence-corrected chi connectivity index (χ4v) is 1.09. The van der Waals surface area contributed by atoms with Crippen LogP contribution in [0.2, 0.25) is 0 Å². The zero-order chi connectivity index (χ0) is 14.5. The summed E-state index contributed by atoms with van der Waals surface area (Å²) in [4.78, 5) is 17.6. The van der Waals surface area contributed by atoms with E-state index in [9.17, 15) is 4.57 Å². The van der Waals surface area contributed by atoms with E-state index < -0.39 is 13.8 Å². The van der Waals surface area contributed by atoms with Crippen LogP contribution in [-0.2, 0) is 18.4 Å².